The van der Waals surface area contributed by atoms with Gasteiger partial charge in [-0.2, -0.15) is 0 Å². The number of nitrogens with one attached hydrogen (secondary N) is 14. The molecule has 2 fully saturated rings. The number of para-hydroxylation sites is 2. The Morgan fingerprint density at radius 2 is 1.06 bits per heavy atom. The summed E-state index contributed by atoms with van der Waals surface area (Å²) >= 11 is 0.810. The van der Waals surface area contributed by atoms with Gasteiger partial charge in [-0.15, -0.1) is 11.8 Å². The number of primary amides is 2. The van der Waals surface area contributed by atoms with Crippen molar-refractivity contribution in [3.63, 3.8) is 0 Å². The van der Waals surface area contributed by atoms with Crippen molar-refractivity contribution in [2.75, 3.05) is 58.9 Å². The van der Waals surface area contributed by atoms with Crippen LogP contribution in [0.1, 0.15) is 128 Å². The minimum atomic E-state index is -1.83. The first-order valence-corrected chi connectivity index (χ1v) is 43.0. The average Bonchev–Trinajstić information content (AvgIpc) is 1.45. The van der Waals surface area contributed by atoms with Gasteiger partial charge in [0, 0.05) is 105 Å². The van der Waals surface area contributed by atoms with Crippen molar-refractivity contribution in [2.24, 2.45) is 17.4 Å². The molecule has 0 spiro atoms. The van der Waals surface area contributed by atoms with E-state index >= 15 is 14.4 Å². The molecule has 19 N–H and O–H groups in total. The number of hydrogen-bond acceptors (Lipinski definition) is 20. The SMILES string of the molecule is CCCC[C@H]1C(=O)N(C)[C@@H](CCCC)C(=O)N[C@@H](C)C(=O)N[C@H](C(=O)NCC(N)=O)CSCC(=O)N[C@@H](Cc2ccccc2)C(=O)N[C@@H](C)C(=O)N[C@@H](CC(N)=O)C(=O)N2CCC[C@H]2C(=O)N[C@@H](Cc2cnc[nH]2)C(=O)N[C@@H](CC(C)C)C(=O)N(C)CC(=O)N[C@@H](Cc2c[nH]c3ccccc23)C(=O)N[C@@H](CO)C(=O)N[C@@H](Cc2c[nH]c3ccccc23)C(=O)N1C. The predicted octanol–water partition coefficient (Wildman–Crippen LogP) is -1.72. The average molecular weight is 1750 g/mol. The summed E-state index contributed by atoms with van der Waals surface area (Å²) in [6.07, 6.45) is 6.47. The van der Waals surface area contributed by atoms with Gasteiger partial charge in [0.25, 0.3) is 0 Å². The van der Waals surface area contributed by atoms with Crippen LogP contribution in [0, 0.1) is 5.92 Å². The van der Waals surface area contributed by atoms with Crippen LogP contribution in [0.3, 0.4) is 0 Å². The van der Waals surface area contributed by atoms with E-state index < -0.39 is 211 Å². The number of carbonyl (C=O) groups excluding carboxylic acids is 17. The molecule has 3 aromatic carbocycles. The summed E-state index contributed by atoms with van der Waals surface area (Å²) in [4.78, 5) is 262. The van der Waals surface area contributed by atoms with Crippen molar-refractivity contribution >= 4 is 134 Å². The number of aliphatic hydroxyl groups excluding tert-OH is 1. The molecule has 6 aromatic rings. The molecule has 39 nitrogen and oxygen atoms in total. The third-order valence-corrected chi connectivity index (χ3v) is 22.8. The van der Waals surface area contributed by atoms with Crippen LogP contribution in [-0.4, -0.2) is 282 Å². The minimum Gasteiger partial charge on any atom is -0.394 e. The zero-order chi connectivity index (χ0) is 91.3. The molecule has 13 atom stereocenters. The summed E-state index contributed by atoms with van der Waals surface area (Å²) in [5.41, 5.74) is 14.3. The Morgan fingerprint density at radius 1 is 0.536 bits per heavy atom. The molecule has 3 aromatic heterocycles. The second-order valence-corrected chi connectivity index (χ2v) is 33.0. The Balaban J connectivity index is 1.14. The monoisotopic (exact) mass is 1750 g/mol. The lowest BCUT2D eigenvalue weighted by atomic mass is 10.00. The maximum Gasteiger partial charge on any atom is 0.246 e. The zero-order valence-corrected chi connectivity index (χ0v) is 72.5. The lowest BCUT2D eigenvalue weighted by Gasteiger charge is -2.36. The number of rotatable bonds is 22. The molecule has 0 unspecified atom stereocenters. The molecule has 676 valence electrons. The molecule has 40 heteroatoms. The number of amides is 17. The Morgan fingerprint density at radius 3 is 1.65 bits per heavy atom. The maximum atomic E-state index is 15.5. The molecule has 17 amide bonds. The molecular weight excluding hydrogens is 1640 g/mol. The van der Waals surface area contributed by atoms with E-state index in [0.29, 0.717) is 69.9 Å². The summed E-state index contributed by atoms with van der Waals surface area (Å²) < 4.78 is 0. The first-order valence-electron chi connectivity index (χ1n) is 41.8. The summed E-state index contributed by atoms with van der Waals surface area (Å²) in [5, 5.41) is 41.1. The molecule has 0 saturated carbocycles. The first-order chi connectivity index (χ1) is 59.6. The van der Waals surface area contributed by atoms with Crippen molar-refractivity contribution in [1.82, 2.24) is 98.0 Å². The topological polar surface area (TPSA) is 568 Å². The molecule has 5 heterocycles. The fourth-order valence-electron chi connectivity index (χ4n) is 14.9. The third kappa shape index (κ3) is 28.1. The molecule has 0 aliphatic carbocycles. The Bertz CT molecular complexity index is 4810. The summed E-state index contributed by atoms with van der Waals surface area (Å²) in [6, 6.07) is 3.31. The largest absolute Gasteiger partial charge is 0.394 e. The fraction of sp³-hybridized carbons (Fsp3) is 0.506. The highest BCUT2D eigenvalue weighted by Crippen LogP contribution is 2.26. The molecule has 8 rings (SSSR count). The Hall–Kier alpha value is -12.8. The number of unbranched alkanes of at least 4 members (excludes halogenated alkanes) is 2. The van der Waals surface area contributed by atoms with Gasteiger partial charge in [-0.05, 0) is 80.7 Å². The van der Waals surface area contributed by atoms with Crippen LogP contribution in [0.2, 0.25) is 0 Å². The maximum absolute atomic E-state index is 15.5. The van der Waals surface area contributed by atoms with Crippen LogP contribution < -0.4 is 70.0 Å². The summed E-state index contributed by atoms with van der Waals surface area (Å²) in [7, 11) is 4.02. The van der Waals surface area contributed by atoms with Gasteiger partial charge in [-0.25, -0.2) is 4.98 Å². The fourth-order valence-corrected chi connectivity index (χ4v) is 15.8. The molecule has 2 saturated heterocycles. The smallest absolute Gasteiger partial charge is 0.246 e. The van der Waals surface area contributed by atoms with E-state index in [2.05, 4.69) is 78.4 Å². The van der Waals surface area contributed by atoms with E-state index in [1.54, 1.807) is 105 Å². The molecule has 2 aliphatic heterocycles. The van der Waals surface area contributed by atoms with Gasteiger partial charge in [-0.1, -0.05) is 120 Å². The second kappa shape index (κ2) is 47.2. The number of nitrogens with two attached hydrogens (primary N) is 2. The summed E-state index contributed by atoms with van der Waals surface area (Å²) in [6.45, 7) is 7.28. The van der Waals surface area contributed by atoms with Gasteiger partial charge < -0.3 is 110 Å². The van der Waals surface area contributed by atoms with E-state index in [1.165, 1.54) is 52.4 Å². The van der Waals surface area contributed by atoms with E-state index in [-0.39, 0.29) is 76.0 Å². The van der Waals surface area contributed by atoms with Crippen LogP contribution in [0.5, 0.6) is 0 Å². The van der Waals surface area contributed by atoms with Crippen molar-refractivity contribution in [3.8, 4) is 0 Å². The standard InChI is InChI=1S/C85H117N21O18S/c1-10-12-28-66-80(119)94-49(6)74(113)102-65(75(114)91-41-70(87)109)44-125-45-72(111)96-58(33-50-22-15-14-16-23-50)76(115)93-48(5)73(112)98-63(37-69(86)108)84(123)106-31-21-30-67(106)81(120)97-60(36-53-40-88-46-92-53)78(117)99-61(32-47(3)4)82(121)103(7)42-71(110)95-59(34-51-38-89-56-26-19-17-24-54(51)56)77(116)101-64(43-107)79(118)100-62(35-52-39-90-57-27-20-18-25-55(52)57)83(122)105(9)68(29-13-11-2)85(124)104(66)8/h14-20,22-27,38-40,46-49,58-68,89-90,107H,10-13,21,28-37,41-45H2,1-9H3,(H2,86,108)(H2,87,109)(H,88,92)(H,91,114)(H,93,115)(H,94,119)(H,95,110)(H,96,111)(H,97,120)(H,98,112)(H,99,117)(H,100,118)(H,101,116)(H,102,113)/t48-,49-,58-,59-,60-,61-,62-,63-,64-,65-,66-,67-,68-/m0/s1. The highest BCUT2D eigenvalue weighted by Gasteiger charge is 2.43. The number of aliphatic hydroxyl groups is 1. The van der Waals surface area contributed by atoms with Gasteiger partial charge in [0.2, 0.25) is 100 Å². The van der Waals surface area contributed by atoms with Crippen LogP contribution in [0.15, 0.2) is 104 Å². The number of benzene rings is 3. The van der Waals surface area contributed by atoms with Crippen molar-refractivity contribution in [2.45, 2.75) is 210 Å². The van der Waals surface area contributed by atoms with Crippen molar-refractivity contribution in [1.29, 1.82) is 0 Å². The minimum absolute atomic E-state index is 0.0175. The highest BCUT2D eigenvalue weighted by molar-refractivity contribution is 8.00. The quantitative estimate of drug-likeness (QED) is 0.0359. The van der Waals surface area contributed by atoms with E-state index in [0.717, 1.165) is 26.5 Å². The van der Waals surface area contributed by atoms with Gasteiger partial charge in [-0.3, -0.25) is 81.5 Å². The number of likely N-dealkylation sites (N-methyl/N-ethyl adjacent to an activating group) is 3. The molecule has 2 aliphatic rings. The van der Waals surface area contributed by atoms with Crippen molar-refractivity contribution < 1.29 is 86.6 Å². The van der Waals surface area contributed by atoms with Crippen LogP contribution in [0.25, 0.3) is 21.8 Å². The van der Waals surface area contributed by atoms with E-state index in [1.807, 2.05) is 13.8 Å². The van der Waals surface area contributed by atoms with Crippen LogP contribution in [-0.2, 0) is 107 Å². The number of imidazole rings is 1. The Kier molecular flexibility index (Phi) is 36.9. The van der Waals surface area contributed by atoms with Crippen molar-refractivity contribution in [3.05, 3.63) is 126 Å². The number of aromatic amines is 3. The lowest BCUT2D eigenvalue weighted by molar-refractivity contribution is -0.149. The highest BCUT2D eigenvalue weighted by atomic mass is 32.2. The van der Waals surface area contributed by atoms with Gasteiger partial charge in [0.05, 0.1) is 38.2 Å². The van der Waals surface area contributed by atoms with Gasteiger partial charge in [0.1, 0.15) is 78.5 Å². The molecule has 0 bridgehead atoms. The number of H-pyrrole nitrogens is 3. The Labute approximate surface area is 727 Å². The summed E-state index contributed by atoms with van der Waals surface area (Å²) in [5.74, 6) is -16.4. The molecular formula is C85H117N21O18S. The number of nitrogens with zero attached hydrogens (tertiary/aromatic N) is 5. The van der Waals surface area contributed by atoms with Gasteiger partial charge in [0.15, 0.2) is 0 Å². The first kappa shape index (κ1) is 97.7. The number of carbonyl (C=O) groups is 17. The van der Waals surface area contributed by atoms with E-state index in [9.17, 15) is 72.2 Å². The number of hydrogen-bond donors (Lipinski definition) is 17. The predicted molar refractivity (Wildman–Crippen MR) is 462 cm³/mol. The van der Waals surface area contributed by atoms with Crippen LogP contribution in [0.4, 0.5) is 0 Å². The number of thioether (sulfide) groups is 1. The number of aromatic nitrogens is 4. The third-order valence-electron chi connectivity index (χ3n) is 21.7. The molecule has 0 radical (unpaired) electrons. The second-order valence-electron chi connectivity index (χ2n) is 31.9. The van der Waals surface area contributed by atoms with E-state index in [4.69, 9.17) is 11.5 Å². The van der Waals surface area contributed by atoms with Crippen LogP contribution >= 0.6 is 11.8 Å². The lowest BCUT2D eigenvalue weighted by Crippen LogP contribution is -2.61. The number of fused-ring (bicyclic) bond motifs is 3. The zero-order valence-electron chi connectivity index (χ0n) is 71.7. The molecule has 125 heavy (non-hydrogen) atoms. The van der Waals surface area contributed by atoms with Gasteiger partial charge >= 0.3 is 0 Å². The normalized spacial score (nSPS) is 24.1.